The highest BCUT2D eigenvalue weighted by Gasteiger charge is 2.13. The molecule has 0 aliphatic rings. The Morgan fingerprint density at radius 3 is 2.52 bits per heavy atom. The zero-order valence-corrected chi connectivity index (χ0v) is 18.5. The smallest absolute Gasteiger partial charge is 0.320 e. The highest BCUT2D eigenvalue weighted by Crippen LogP contribution is 2.24. The van der Waals surface area contributed by atoms with Gasteiger partial charge >= 0.3 is 5.97 Å². The van der Waals surface area contributed by atoms with Gasteiger partial charge in [0.2, 0.25) is 5.95 Å². The summed E-state index contributed by atoms with van der Waals surface area (Å²) in [6, 6.07) is 23.3. The molecule has 4 rings (SSSR count). The molecule has 1 unspecified atom stereocenters. The van der Waals surface area contributed by atoms with Gasteiger partial charge in [-0.25, -0.2) is 4.98 Å². The third kappa shape index (κ3) is 5.27. The van der Waals surface area contributed by atoms with E-state index in [1.54, 1.807) is 0 Å². The Morgan fingerprint density at radius 2 is 1.76 bits per heavy atom. The van der Waals surface area contributed by atoms with Crippen LogP contribution in [0.2, 0.25) is 0 Å². The van der Waals surface area contributed by atoms with Gasteiger partial charge in [-0.15, -0.1) is 0 Å². The summed E-state index contributed by atoms with van der Waals surface area (Å²) in [5, 5.41) is 11.5. The zero-order valence-electron chi connectivity index (χ0n) is 18.5. The van der Waals surface area contributed by atoms with Gasteiger partial charge in [0.25, 0.3) is 0 Å². The monoisotopic (exact) mass is 441 g/mol. The molecule has 7 heteroatoms. The zero-order chi connectivity index (χ0) is 23.4. The predicted molar refractivity (Wildman–Crippen MR) is 132 cm³/mol. The lowest BCUT2D eigenvalue weighted by molar-refractivity contribution is -0.138. The maximum absolute atomic E-state index is 11.0. The lowest BCUT2D eigenvalue weighted by atomic mass is 10.0. The molecule has 0 radical (unpaired) electrons. The first-order valence-corrected chi connectivity index (χ1v) is 10.8. The molecule has 0 saturated carbocycles. The molecular weight excluding hydrogens is 414 g/mol. The van der Waals surface area contributed by atoms with Crippen LogP contribution >= 0.6 is 0 Å². The molecule has 1 heterocycles. The summed E-state index contributed by atoms with van der Waals surface area (Å²) in [7, 11) is 1.99. The number of carbonyl (C=O) groups is 1. The van der Waals surface area contributed by atoms with Crippen LogP contribution < -0.4 is 16.4 Å². The summed E-state index contributed by atoms with van der Waals surface area (Å²) in [5.74, 6) is -0.0648. The largest absolute Gasteiger partial charge is 0.480 e. The second-order valence-electron chi connectivity index (χ2n) is 8.13. The summed E-state index contributed by atoms with van der Waals surface area (Å²) in [6.45, 7) is 0.774. The molecule has 0 amide bonds. The van der Waals surface area contributed by atoms with Crippen LogP contribution in [0.4, 0.5) is 11.8 Å². The van der Waals surface area contributed by atoms with Crippen LogP contribution in [0.3, 0.4) is 0 Å². The molecule has 5 N–H and O–H groups in total. The summed E-state index contributed by atoms with van der Waals surface area (Å²) in [4.78, 5) is 21.9. The van der Waals surface area contributed by atoms with Crippen molar-refractivity contribution in [1.82, 2.24) is 9.97 Å². The minimum atomic E-state index is -1.01. The number of carboxylic acids is 1. The van der Waals surface area contributed by atoms with Crippen molar-refractivity contribution in [1.29, 1.82) is 0 Å². The van der Waals surface area contributed by atoms with Gasteiger partial charge in [-0.3, -0.25) is 4.79 Å². The van der Waals surface area contributed by atoms with Gasteiger partial charge in [-0.05, 0) is 34.7 Å². The van der Waals surface area contributed by atoms with Crippen molar-refractivity contribution in [2.75, 3.05) is 24.2 Å². The molecule has 1 atom stereocenters. The van der Waals surface area contributed by atoms with Gasteiger partial charge < -0.3 is 21.5 Å². The third-order valence-corrected chi connectivity index (χ3v) is 5.74. The topological polar surface area (TPSA) is 118 Å². The Labute approximate surface area is 192 Å². The molecular formula is C26H27N5O2. The average molecular weight is 442 g/mol. The van der Waals surface area contributed by atoms with Crippen molar-refractivity contribution in [3.05, 3.63) is 83.9 Å². The van der Waals surface area contributed by atoms with Crippen molar-refractivity contribution in [2.45, 2.75) is 18.9 Å². The maximum atomic E-state index is 11.0. The number of rotatable bonds is 8. The first-order chi connectivity index (χ1) is 15.9. The fourth-order valence-corrected chi connectivity index (χ4v) is 3.86. The lowest BCUT2D eigenvalue weighted by Crippen LogP contribution is -2.32. The number of nitrogens with two attached hydrogens (primary N) is 2. The van der Waals surface area contributed by atoms with E-state index in [1.807, 2.05) is 37.4 Å². The van der Waals surface area contributed by atoms with E-state index in [2.05, 4.69) is 57.3 Å². The van der Waals surface area contributed by atoms with E-state index in [4.69, 9.17) is 16.6 Å². The van der Waals surface area contributed by atoms with E-state index in [1.165, 1.54) is 16.3 Å². The number of aromatic nitrogens is 2. The Kier molecular flexibility index (Phi) is 6.51. The quantitative estimate of drug-likeness (QED) is 0.383. The van der Waals surface area contributed by atoms with Crippen molar-refractivity contribution in [2.24, 2.45) is 5.73 Å². The lowest BCUT2D eigenvalue weighted by Gasteiger charge is -2.19. The molecule has 4 aromatic rings. The molecule has 0 spiro atoms. The van der Waals surface area contributed by atoms with Gasteiger partial charge in [0.05, 0.1) is 5.69 Å². The van der Waals surface area contributed by atoms with Crippen LogP contribution in [0.1, 0.15) is 11.1 Å². The SMILES string of the molecule is CN(CCc1cccc2ccccc12)c1cc(-c2ccc(CC(N)C(=O)O)cc2)nc(N)n1. The first-order valence-electron chi connectivity index (χ1n) is 10.8. The molecule has 0 aliphatic heterocycles. The van der Waals surface area contributed by atoms with E-state index in [0.717, 1.165) is 29.9 Å². The third-order valence-electron chi connectivity index (χ3n) is 5.74. The van der Waals surface area contributed by atoms with Crippen molar-refractivity contribution < 1.29 is 9.90 Å². The van der Waals surface area contributed by atoms with Crippen molar-refractivity contribution >= 4 is 28.5 Å². The van der Waals surface area contributed by atoms with Crippen molar-refractivity contribution in [3.8, 4) is 11.3 Å². The van der Waals surface area contributed by atoms with Crippen LogP contribution in [0.5, 0.6) is 0 Å². The predicted octanol–water partition coefficient (Wildman–Crippen LogP) is 3.51. The summed E-state index contributed by atoms with van der Waals surface area (Å²) >= 11 is 0. The normalized spacial score (nSPS) is 11.9. The van der Waals surface area contributed by atoms with Crippen LogP contribution in [0, 0.1) is 0 Å². The number of likely N-dealkylation sites (N-methyl/N-ethyl adjacent to an activating group) is 1. The van der Waals surface area contributed by atoms with Crippen LogP contribution in [0.15, 0.2) is 72.8 Å². The van der Waals surface area contributed by atoms with Gasteiger partial charge in [0.15, 0.2) is 0 Å². The van der Waals surface area contributed by atoms with Crippen LogP contribution in [-0.2, 0) is 17.6 Å². The number of nitrogens with zero attached hydrogens (tertiary/aromatic N) is 3. The van der Waals surface area contributed by atoms with E-state index >= 15 is 0 Å². The highest BCUT2D eigenvalue weighted by atomic mass is 16.4. The number of carboxylic acid groups (broad SMARTS) is 1. The fraction of sp³-hybridized carbons (Fsp3) is 0.192. The van der Waals surface area contributed by atoms with E-state index < -0.39 is 12.0 Å². The van der Waals surface area contributed by atoms with E-state index in [9.17, 15) is 4.79 Å². The second-order valence-corrected chi connectivity index (χ2v) is 8.13. The number of hydrogen-bond donors (Lipinski definition) is 3. The number of aliphatic carboxylic acids is 1. The highest BCUT2D eigenvalue weighted by molar-refractivity contribution is 5.85. The molecule has 7 nitrogen and oxygen atoms in total. The first kappa shape index (κ1) is 22.2. The Bertz CT molecular complexity index is 1270. The average Bonchev–Trinajstić information content (AvgIpc) is 2.82. The van der Waals surface area contributed by atoms with Crippen LogP contribution in [-0.4, -0.2) is 40.7 Å². The second kappa shape index (κ2) is 9.67. The van der Waals surface area contributed by atoms with Gasteiger partial charge in [0, 0.05) is 25.2 Å². The number of fused-ring (bicyclic) bond motifs is 1. The summed E-state index contributed by atoms with van der Waals surface area (Å²) in [6.07, 6.45) is 1.14. The summed E-state index contributed by atoms with van der Waals surface area (Å²) < 4.78 is 0. The number of nitrogen functional groups attached to an aromatic ring is 1. The van der Waals surface area contributed by atoms with Gasteiger partial charge in [-0.1, -0.05) is 66.7 Å². The number of benzene rings is 3. The molecule has 0 bridgehead atoms. The molecule has 0 fully saturated rings. The Balaban J connectivity index is 1.50. The number of hydrogen-bond acceptors (Lipinski definition) is 6. The number of anilines is 2. The minimum absolute atomic E-state index is 0.205. The van der Waals surface area contributed by atoms with Gasteiger partial charge in [0.1, 0.15) is 11.9 Å². The standard InChI is InChI=1S/C26H27N5O2/c1-31(14-13-19-7-4-6-18-5-2-3-8-21(18)19)24-16-23(29-26(28)30-24)20-11-9-17(10-12-20)15-22(27)25(32)33/h2-12,16,22H,13-15,27H2,1H3,(H,32,33)(H2,28,29,30). The molecule has 1 aromatic heterocycles. The molecule has 33 heavy (non-hydrogen) atoms. The van der Waals surface area contributed by atoms with Crippen molar-refractivity contribution in [3.63, 3.8) is 0 Å². The van der Waals surface area contributed by atoms with E-state index in [0.29, 0.717) is 5.69 Å². The Hall–Kier alpha value is -3.97. The van der Waals surface area contributed by atoms with E-state index in [-0.39, 0.29) is 12.4 Å². The molecule has 0 aliphatic carbocycles. The molecule has 3 aromatic carbocycles. The molecule has 168 valence electrons. The summed E-state index contributed by atoms with van der Waals surface area (Å²) in [5.41, 5.74) is 15.4. The maximum Gasteiger partial charge on any atom is 0.320 e. The fourth-order valence-electron chi connectivity index (χ4n) is 3.86. The minimum Gasteiger partial charge on any atom is -0.480 e. The Morgan fingerprint density at radius 1 is 1.03 bits per heavy atom. The van der Waals surface area contributed by atoms with Gasteiger partial charge in [-0.2, -0.15) is 4.98 Å². The van der Waals surface area contributed by atoms with Crippen LogP contribution in [0.25, 0.3) is 22.0 Å². The molecule has 0 saturated heterocycles.